The molecular formula is C9H6Cl2N2O2. The average molecular weight is 245 g/mol. The average Bonchev–Trinajstić information content (AvgIpc) is 2.56. The highest BCUT2D eigenvalue weighted by Gasteiger charge is 2.09. The van der Waals surface area contributed by atoms with Gasteiger partial charge in [0.1, 0.15) is 5.95 Å². The molecule has 6 heteroatoms. The Bertz CT molecular complexity index is 485. The first kappa shape index (κ1) is 10.3. The molecule has 0 aliphatic rings. The normalized spacial score (nSPS) is 10.5. The fourth-order valence-electron chi connectivity index (χ4n) is 1.16. The van der Waals surface area contributed by atoms with Crippen molar-refractivity contribution in [2.45, 2.75) is 6.54 Å². The summed E-state index contributed by atoms with van der Waals surface area (Å²) in [5.74, 6) is -0.486. The molecule has 15 heavy (non-hydrogen) atoms. The Labute approximate surface area is 95.6 Å². The molecule has 1 aromatic carbocycles. The van der Waals surface area contributed by atoms with Crippen LogP contribution in [-0.4, -0.2) is 5.27 Å². The maximum absolute atomic E-state index is 10.7. The fourth-order valence-corrected chi connectivity index (χ4v) is 1.63. The van der Waals surface area contributed by atoms with Gasteiger partial charge in [-0.15, -0.1) is 0 Å². The predicted molar refractivity (Wildman–Crippen MR) is 51.7 cm³/mol. The Morgan fingerprint density at radius 2 is 2.20 bits per heavy atom. The van der Waals surface area contributed by atoms with Gasteiger partial charge in [-0.3, -0.25) is 0 Å². The predicted octanol–water partition coefficient (Wildman–Crippen LogP) is 1.39. The van der Waals surface area contributed by atoms with Crippen LogP contribution in [0.5, 0.6) is 5.95 Å². The largest absolute Gasteiger partial charge is 0.539 e. The molecule has 0 aliphatic heterocycles. The minimum absolute atomic E-state index is 0.377. The van der Waals surface area contributed by atoms with Crippen LogP contribution in [0.25, 0.3) is 0 Å². The van der Waals surface area contributed by atoms with E-state index < -0.39 is 5.95 Å². The van der Waals surface area contributed by atoms with E-state index in [1.807, 2.05) is 0 Å². The lowest BCUT2D eigenvalue weighted by atomic mass is 10.2. The van der Waals surface area contributed by atoms with Crippen molar-refractivity contribution in [3.8, 4) is 5.95 Å². The van der Waals surface area contributed by atoms with Crippen molar-refractivity contribution in [3.05, 3.63) is 40.0 Å². The summed E-state index contributed by atoms with van der Waals surface area (Å²) in [6, 6.07) is 5.13. The number of nitrogens with zero attached hydrogens (tertiary/aromatic N) is 2. The van der Waals surface area contributed by atoms with Crippen LogP contribution in [-0.2, 0) is 6.54 Å². The number of aromatic nitrogens is 2. The third-order valence-electron chi connectivity index (χ3n) is 1.84. The van der Waals surface area contributed by atoms with Gasteiger partial charge >= 0.3 is 0 Å². The van der Waals surface area contributed by atoms with E-state index in [0.717, 1.165) is 5.56 Å². The van der Waals surface area contributed by atoms with Crippen molar-refractivity contribution in [2.24, 2.45) is 0 Å². The first-order chi connectivity index (χ1) is 7.15. The van der Waals surface area contributed by atoms with Crippen molar-refractivity contribution in [1.82, 2.24) is 5.27 Å². The lowest BCUT2D eigenvalue weighted by molar-refractivity contribution is -0.754. The minimum Gasteiger partial charge on any atom is -0.539 e. The van der Waals surface area contributed by atoms with Gasteiger partial charge in [0, 0.05) is 10.6 Å². The van der Waals surface area contributed by atoms with E-state index in [4.69, 9.17) is 23.2 Å². The Morgan fingerprint density at radius 3 is 2.80 bits per heavy atom. The summed E-state index contributed by atoms with van der Waals surface area (Å²) in [4.78, 5) is 0. The highest BCUT2D eigenvalue weighted by atomic mass is 35.5. The molecule has 2 aromatic rings. The van der Waals surface area contributed by atoms with Gasteiger partial charge in [0.05, 0.1) is 10.3 Å². The monoisotopic (exact) mass is 244 g/mol. The standard InChI is InChI=1S/C9H6Cl2N2O2/c10-7-2-1-6(8(11)3-7)4-13-5-9(14)15-12-13/h1-3,5H,4H2. The van der Waals surface area contributed by atoms with Gasteiger partial charge in [-0.05, 0) is 18.2 Å². The topological polar surface area (TPSA) is 53.0 Å². The minimum atomic E-state index is -0.486. The van der Waals surface area contributed by atoms with E-state index in [1.54, 1.807) is 18.2 Å². The molecule has 0 unspecified atom stereocenters. The van der Waals surface area contributed by atoms with E-state index in [2.05, 4.69) is 9.79 Å². The molecule has 0 amide bonds. The Kier molecular flexibility index (Phi) is 2.79. The lowest BCUT2D eigenvalue weighted by Crippen LogP contribution is -2.35. The summed E-state index contributed by atoms with van der Waals surface area (Å²) < 4.78 is 5.76. The highest BCUT2D eigenvalue weighted by molar-refractivity contribution is 6.35. The smallest absolute Gasteiger partial charge is 0.221 e. The second-order valence-electron chi connectivity index (χ2n) is 2.95. The van der Waals surface area contributed by atoms with Crippen molar-refractivity contribution < 1.29 is 14.3 Å². The molecular weight excluding hydrogens is 239 g/mol. The highest BCUT2D eigenvalue weighted by Crippen LogP contribution is 2.20. The van der Waals surface area contributed by atoms with Gasteiger partial charge in [-0.2, -0.15) is 0 Å². The van der Waals surface area contributed by atoms with Crippen molar-refractivity contribution >= 4 is 23.2 Å². The molecule has 78 valence electrons. The third kappa shape index (κ3) is 2.40. The van der Waals surface area contributed by atoms with Crippen LogP contribution >= 0.6 is 23.2 Å². The zero-order chi connectivity index (χ0) is 10.8. The Hall–Kier alpha value is -1.26. The molecule has 0 spiro atoms. The zero-order valence-electron chi connectivity index (χ0n) is 7.48. The summed E-state index contributed by atoms with van der Waals surface area (Å²) in [6.45, 7) is 0.377. The molecule has 2 rings (SSSR count). The molecule has 0 N–H and O–H groups in total. The number of hydrogen-bond acceptors (Lipinski definition) is 3. The Morgan fingerprint density at radius 1 is 1.40 bits per heavy atom. The van der Waals surface area contributed by atoms with Crippen molar-refractivity contribution in [3.63, 3.8) is 0 Å². The summed E-state index contributed by atoms with van der Waals surface area (Å²) in [5, 5.41) is 15.3. The second-order valence-corrected chi connectivity index (χ2v) is 3.80. The molecule has 0 bridgehead atoms. The van der Waals surface area contributed by atoms with Crippen LogP contribution in [0, 0.1) is 0 Å². The molecule has 1 heterocycles. The van der Waals surface area contributed by atoms with Crippen molar-refractivity contribution in [2.75, 3.05) is 0 Å². The summed E-state index contributed by atoms with van der Waals surface area (Å²) in [6.07, 6.45) is 1.25. The van der Waals surface area contributed by atoms with E-state index in [0.29, 0.717) is 16.6 Å². The maximum Gasteiger partial charge on any atom is 0.221 e. The van der Waals surface area contributed by atoms with Crippen LogP contribution in [0.15, 0.2) is 28.9 Å². The van der Waals surface area contributed by atoms with E-state index in [-0.39, 0.29) is 0 Å². The first-order valence-corrected chi connectivity index (χ1v) is 4.88. The maximum atomic E-state index is 10.7. The molecule has 0 radical (unpaired) electrons. The lowest BCUT2D eigenvalue weighted by Gasteiger charge is -1.98. The van der Waals surface area contributed by atoms with Crippen LogP contribution in [0.4, 0.5) is 0 Å². The van der Waals surface area contributed by atoms with Crippen LogP contribution < -0.4 is 9.79 Å². The quantitative estimate of drug-likeness (QED) is 0.751. The van der Waals surface area contributed by atoms with Gasteiger partial charge in [0.2, 0.25) is 12.7 Å². The van der Waals surface area contributed by atoms with Crippen LogP contribution in [0.2, 0.25) is 10.0 Å². The van der Waals surface area contributed by atoms with Gasteiger partial charge in [0.25, 0.3) is 0 Å². The van der Waals surface area contributed by atoms with Gasteiger partial charge < -0.3 is 9.63 Å². The van der Waals surface area contributed by atoms with E-state index in [1.165, 1.54) is 10.9 Å². The van der Waals surface area contributed by atoms with Crippen LogP contribution in [0.3, 0.4) is 0 Å². The molecule has 1 aromatic heterocycles. The molecule has 0 saturated heterocycles. The van der Waals surface area contributed by atoms with Gasteiger partial charge in [-0.25, -0.2) is 0 Å². The molecule has 0 saturated carbocycles. The number of rotatable bonds is 2. The zero-order valence-corrected chi connectivity index (χ0v) is 9.00. The molecule has 0 fully saturated rings. The number of hydrogen-bond donors (Lipinski definition) is 0. The number of benzene rings is 1. The fraction of sp³-hybridized carbons (Fsp3) is 0.111. The SMILES string of the molecule is [O-]c1c[n+](Cc2ccc(Cl)cc2Cl)no1. The summed E-state index contributed by atoms with van der Waals surface area (Å²) in [7, 11) is 0. The molecule has 0 atom stereocenters. The number of halogens is 2. The first-order valence-electron chi connectivity index (χ1n) is 4.12. The van der Waals surface area contributed by atoms with E-state index in [9.17, 15) is 5.11 Å². The Balaban J connectivity index is 2.24. The summed E-state index contributed by atoms with van der Waals surface area (Å²) in [5.41, 5.74) is 0.819. The molecule has 0 aliphatic carbocycles. The van der Waals surface area contributed by atoms with Crippen LogP contribution in [0.1, 0.15) is 5.56 Å². The third-order valence-corrected chi connectivity index (χ3v) is 2.42. The van der Waals surface area contributed by atoms with Crippen molar-refractivity contribution in [1.29, 1.82) is 0 Å². The van der Waals surface area contributed by atoms with Gasteiger partial charge in [-0.1, -0.05) is 27.9 Å². The van der Waals surface area contributed by atoms with Gasteiger partial charge in [0.15, 0.2) is 0 Å². The molecule has 4 nitrogen and oxygen atoms in total. The second kappa shape index (κ2) is 4.08. The van der Waals surface area contributed by atoms with E-state index >= 15 is 0 Å². The summed E-state index contributed by atoms with van der Waals surface area (Å²) >= 11 is 11.7.